The molecule has 5 heteroatoms. The minimum absolute atomic E-state index is 0.199. The van der Waals surface area contributed by atoms with Crippen molar-refractivity contribution >= 4 is 10.0 Å². The van der Waals surface area contributed by atoms with Gasteiger partial charge in [-0.3, -0.25) is 0 Å². The fourth-order valence-corrected chi connectivity index (χ4v) is 2.26. The third kappa shape index (κ3) is 3.30. The lowest BCUT2D eigenvalue weighted by Gasteiger charge is -2.11. The topological polar surface area (TPSA) is 63.4 Å². The molecule has 0 spiro atoms. The van der Waals surface area contributed by atoms with Gasteiger partial charge < -0.3 is 4.90 Å². The van der Waals surface area contributed by atoms with E-state index < -0.39 is 10.0 Å². The molecule has 15 heavy (non-hydrogen) atoms. The molecule has 84 valence electrons. The number of nitrogens with zero attached hydrogens (tertiary/aromatic N) is 1. The Morgan fingerprint density at radius 1 is 1.33 bits per heavy atom. The van der Waals surface area contributed by atoms with Crippen molar-refractivity contribution in [3.63, 3.8) is 0 Å². The summed E-state index contributed by atoms with van der Waals surface area (Å²) in [4.78, 5) is 2.22. The molecule has 0 atom stereocenters. The maximum Gasteiger partial charge on any atom is 0.238 e. The van der Waals surface area contributed by atoms with E-state index in [2.05, 4.69) is 0 Å². The van der Waals surface area contributed by atoms with E-state index >= 15 is 0 Å². The van der Waals surface area contributed by atoms with Crippen LogP contribution in [0.1, 0.15) is 11.1 Å². The summed E-state index contributed by atoms with van der Waals surface area (Å²) in [7, 11) is 0.330. The number of primary sulfonamides is 1. The Morgan fingerprint density at radius 2 is 1.93 bits per heavy atom. The second-order valence-electron chi connectivity index (χ2n) is 3.88. The van der Waals surface area contributed by atoms with E-state index in [1.807, 2.05) is 25.1 Å². The molecule has 1 aromatic carbocycles. The van der Waals surface area contributed by atoms with Crippen molar-refractivity contribution in [2.24, 2.45) is 5.14 Å². The molecular formula is C10H16N2O2S. The van der Waals surface area contributed by atoms with Crippen molar-refractivity contribution in [2.45, 2.75) is 18.4 Å². The van der Waals surface area contributed by atoms with Gasteiger partial charge >= 0.3 is 0 Å². The summed E-state index contributed by atoms with van der Waals surface area (Å²) in [6.07, 6.45) is 0. The van der Waals surface area contributed by atoms with E-state index in [-0.39, 0.29) is 4.90 Å². The maximum absolute atomic E-state index is 11.2. The predicted molar refractivity (Wildman–Crippen MR) is 59.9 cm³/mol. The van der Waals surface area contributed by atoms with Crippen LogP contribution in [-0.2, 0) is 16.6 Å². The van der Waals surface area contributed by atoms with E-state index in [0.29, 0.717) is 5.56 Å². The molecule has 0 amide bonds. The standard InChI is InChI=1S/C10H16N2O2S/c1-8-6-9(7-12(2)3)4-5-10(8)15(11,13)14/h4-6H,7H2,1-3H3,(H2,11,13,14). The zero-order valence-corrected chi connectivity index (χ0v) is 10.0. The Kier molecular flexibility index (Phi) is 3.49. The average Bonchev–Trinajstić information content (AvgIpc) is 1.99. The molecule has 0 radical (unpaired) electrons. The average molecular weight is 228 g/mol. The van der Waals surface area contributed by atoms with Gasteiger partial charge in [-0.25, -0.2) is 13.6 Å². The van der Waals surface area contributed by atoms with Gasteiger partial charge in [0.25, 0.3) is 0 Å². The highest BCUT2D eigenvalue weighted by molar-refractivity contribution is 7.89. The molecule has 1 rings (SSSR count). The van der Waals surface area contributed by atoms with Crippen molar-refractivity contribution < 1.29 is 8.42 Å². The van der Waals surface area contributed by atoms with Gasteiger partial charge in [0.1, 0.15) is 0 Å². The number of aryl methyl sites for hydroxylation is 1. The van der Waals surface area contributed by atoms with Crippen LogP contribution in [0.15, 0.2) is 23.1 Å². The zero-order chi connectivity index (χ0) is 11.6. The van der Waals surface area contributed by atoms with Crippen LogP contribution >= 0.6 is 0 Å². The molecule has 2 N–H and O–H groups in total. The summed E-state index contributed by atoms with van der Waals surface area (Å²) < 4.78 is 22.3. The van der Waals surface area contributed by atoms with Gasteiger partial charge in [0, 0.05) is 6.54 Å². The van der Waals surface area contributed by atoms with Crippen LogP contribution in [0.5, 0.6) is 0 Å². The van der Waals surface area contributed by atoms with Gasteiger partial charge in [-0.05, 0) is 38.2 Å². The van der Waals surface area contributed by atoms with Crippen LogP contribution in [0.3, 0.4) is 0 Å². The lowest BCUT2D eigenvalue weighted by atomic mass is 10.1. The van der Waals surface area contributed by atoms with E-state index in [9.17, 15) is 8.42 Å². The number of sulfonamides is 1. The molecule has 0 aliphatic carbocycles. The molecule has 1 aromatic rings. The van der Waals surface area contributed by atoms with Crippen LogP contribution < -0.4 is 5.14 Å². The number of nitrogens with two attached hydrogens (primary N) is 1. The van der Waals surface area contributed by atoms with Crippen LogP contribution in [-0.4, -0.2) is 27.4 Å². The Bertz CT molecular complexity index is 452. The second-order valence-corrected chi connectivity index (χ2v) is 5.41. The lowest BCUT2D eigenvalue weighted by Crippen LogP contribution is -2.15. The highest BCUT2D eigenvalue weighted by atomic mass is 32.2. The predicted octanol–water partition coefficient (Wildman–Crippen LogP) is 0.704. The number of hydrogen-bond donors (Lipinski definition) is 1. The molecule has 0 aliphatic rings. The van der Waals surface area contributed by atoms with Gasteiger partial charge in [0.15, 0.2) is 0 Å². The Labute approximate surface area is 90.8 Å². The van der Waals surface area contributed by atoms with Crippen LogP contribution in [0, 0.1) is 6.92 Å². The highest BCUT2D eigenvalue weighted by Gasteiger charge is 2.11. The second kappa shape index (κ2) is 4.30. The van der Waals surface area contributed by atoms with E-state index in [1.165, 1.54) is 0 Å². The van der Waals surface area contributed by atoms with Gasteiger partial charge in [0.2, 0.25) is 10.0 Å². The molecule has 0 unspecified atom stereocenters. The van der Waals surface area contributed by atoms with Gasteiger partial charge in [0.05, 0.1) is 4.90 Å². The number of benzene rings is 1. The summed E-state index contributed by atoms with van der Waals surface area (Å²) in [6, 6.07) is 5.19. The van der Waals surface area contributed by atoms with Crippen LogP contribution in [0.4, 0.5) is 0 Å². The van der Waals surface area contributed by atoms with Gasteiger partial charge in [-0.2, -0.15) is 0 Å². The molecule has 0 bridgehead atoms. The number of hydrogen-bond acceptors (Lipinski definition) is 3. The number of rotatable bonds is 3. The van der Waals surface area contributed by atoms with Gasteiger partial charge in [-0.1, -0.05) is 12.1 Å². The molecular weight excluding hydrogens is 212 g/mol. The van der Waals surface area contributed by atoms with Crippen molar-refractivity contribution in [1.82, 2.24) is 4.90 Å². The molecule has 0 heterocycles. The van der Waals surface area contributed by atoms with Crippen molar-refractivity contribution in [2.75, 3.05) is 14.1 Å². The Balaban J connectivity index is 3.09. The molecule has 4 nitrogen and oxygen atoms in total. The van der Waals surface area contributed by atoms with Crippen molar-refractivity contribution in [3.8, 4) is 0 Å². The van der Waals surface area contributed by atoms with Crippen molar-refractivity contribution in [1.29, 1.82) is 0 Å². The normalized spacial score (nSPS) is 12.1. The van der Waals surface area contributed by atoms with Crippen molar-refractivity contribution in [3.05, 3.63) is 29.3 Å². The quantitative estimate of drug-likeness (QED) is 0.828. The lowest BCUT2D eigenvalue weighted by molar-refractivity contribution is 0.402. The molecule has 0 fully saturated rings. The zero-order valence-electron chi connectivity index (χ0n) is 9.19. The summed E-state index contributed by atoms with van der Waals surface area (Å²) >= 11 is 0. The monoisotopic (exact) mass is 228 g/mol. The maximum atomic E-state index is 11.2. The fraction of sp³-hybridized carbons (Fsp3) is 0.400. The SMILES string of the molecule is Cc1cc(CN(C)C)ccc1S(N)(=O)=O. The Hall–Kier alpha value is -0.910. The summed E-state index contributed by atoms with van der Waals surface area (Å²) in [5, 5.41) is 5.07. The minimum atomic E-state index is -3.59. The first-order valence-corrected chi connectivity index (χ1v) is 6.12. The third-order valence-electron chi connectivity index (χ3n) is 2.04. The van der Waals surface area contributed by atoms with Crippen LogP contribution in [0.2, 0.25) is 0 Å². The minimum Gasteiger partial charge on any atom is -0.305 e. The summed E-state index contributed by atoms with van der Waals surface area (Å²) in [5.41, 5.74) is 1.77. The molecule has 0 aromatic heterocycles. The van der Waals surface area contributed by atoms with E-state index in [4.69, 9.17) is 5.14 Å². The van der Waals surface area contributed by atoms with Gasteiger partial charge in [-0.15, -0.1) is 0 Å². The molecule has 0 saturated heterocycles. The summed E-state index contributed by atoms with van der Waals surface area (Å²) in [5.74, 6) is 0. The van der Waals surface area contributed by atoms with E-state index in [0.717, 1.165) is 12.1 Å². The first kappa shape index (κ1) is 12.2. The van der Waals surface area contributed by atoms with E-state index in [1.54, 1.807) is 19.1 Å². The smallest absolute Gasteiger partial charge is 0.238 e. The van der Waals surface area contributed by atoms with Crippen LogP contribution in [0.25, 0.3) is 0 Å². The Morgan fingerprint density at radius 3 is 2.33 bits per heavy atom. The first-order valence-electron chi connectivity index (χ1n) is 4.58. The molecule has 0 aliphatic heterocycles. The molecule has 0 saturated carbocycles. The first-order chi connectivity index (χ1) is 6.80. The summed E-state index contributed by atoms with van der Waals surface area (Å²) in [6.45, 7) is 2.53. The largest absolute Gasteiger partial charge is 0.305 e. The fourth-order valence-electron chi connectivity index (χ4n) is 1.49. The highest BCUT2D eigenvalue weighted by Crippen LogP contribution is 2.15. The third-order valence-corrected chi connectivity index (χ3v) is 3.12.